The van der Waals surface area contributed by atoms with E-state index in [4.69, 9.17) is 11.6 Å². The molecule has 3 nitrogen and oxygen atoms in total. The number of rotatable bonds is 4. The van der Waals surface area contributed by atoms with Gasteiger partial charge in [0.2, 0.25) is 0 Å². The molecule has 0 saturated heterocycles. The van der Waals surface area contributed by atoms with Gasteiger partial charge in [-0.1, -0.05) is 23.7 Å². The van der Waals surface area contributed by atoms with E-state index < -0.39 is 11.7 Å². The van der Waals surface area contributed by atoms with Gasteiger partial charge in [-0.05, 0) is 49.2 Å². The van der Waals surface area contributed by atoms with E-state index in [2.05, 4.69) is 10.3 Å². The predicted octanol–water partition coefficient (Wildman–Crippen LogP) is 4.24. The lowest BCUT2D eigenvalue weighted by molar-refractivity contribution is 0.0950. The Labute approximate surface area is 138 Å². The number of aromatic nitrogens is 1. The number of carbonyl (C=O) groups is 1. The molecule has 0 saturated carbocycles. The van der Waals surface area contributed by atoms with E-state index in [-0.39, 0.29) is 5.56 Å². The molecule has 1 amide bonds. The Hall–Kier alpha value is -2.33. The van der Waals surface area contributed by atoms with Gasteiger partial charge in [0.05, 0.1) is 5.56 Å². The lowest BCUT2D eigenvalue weighted by atomic mass is 10.1. The van der Waals surface area contributed by atoms with Crippen LogP contribution in [-0.4, -0.2) is 17.4 Å². The minimum atomic E-state index is -0.514. The summed E-state index contributed by atoms with van der Waals surface area (Å²) in [5.41, 5.74) is 3.23. The van der Waals surface area contributed by atoms with Crippen LogP contribution in [-0.2, 0) is 6.42 Å². The molecule has 2 N–H and O–H groups in total. The maximum atomic E-state index is 13.6. The van der Waals surface area contributed by atoms with Gasteiger partial charge in [0, 0.05) is 28.2 Å². The highest BCUT2D eigenvalue weighted by atomic mass is 35.5. The Kier molecular flexibility index (Phi) is 4.35. The number of hydrogen-bond acceptors (Lipinski definition) is 1. The predicted molar refractivity (Wildman–Crippen MR) is 90.5 cm³/mol. The summed E-state index contributed by atoms with van der Waals surface area (Å²) in [6.45, 7) is 2.41. The Morgan fingerprint density at radius 1 is 1.26 bits per heavy atom. The summed E-state index contributed by atoms with van der Waals surface area (Å²) in [7, 11) is 0. The SMILES string of the molecule is Cc1[nH]c2ccc(Cl)cc2c1CCNC(=O)c1ccccc1F. The van der Waals surface area contributed by atoms with Gasteiger partial charge < -0.3 is 10.3 Å². The Balaban J connectivity index is 1.72. The largest absolute Gasteiger partial charge is 0.358 e. The van der Waals surface area contributed by atoms with Crippen LogP contribution in [0.15, 0.2) is 42.5 Å². The van der Waals surface area contributed by atoms with E-state index in [0.29, 0.717) is 18.0 Å². The zero-order valence-electron chi connectivity index (χ0n) is 12.6. The highest BCUT2D eigenvalue weighted by Gasteiger charge is 2.12. The highest BCUT2D eigenvalue weighted by molar-refractivity contribution is 6.31. The second-order valence-electron chi connectivity index (χ2n) is 5.40. The van der Waals surface area contributed by atoms with Gasteiger partial charge in [-0.2, -0.15) is 0 Å². The molecular weight excluding hydrogens is 315 g/mol. The smallest absolute Gasteiger partial charge is 0.254 e. The van der Waals surface area contributed by atoms with E-state index >= 15 is 0 Å². The van der Waals surface area contributed by atoms with Gasteiger partial charge in [0.1, 0.15) is 5.82 Å². The molecule has 0 aliphatic carbocycles. The molecule has 0 bridgehead atoms. The monoisotopic (exact) mass is 330 g/mol. The van der Waals surface area contributed by atoms with E-state index in [9.17, 15) is 9.18 Å². The fraction of sp³-hybridized carbons (Fsp3) is 0.167. The van der Waals surface area contributed by atoms with Crippen LogP contribution in [0, 0.1) is 12.7 Å². The third kappa shape index (κ3) is 3.22. The van der Waals surface area contributed by atoms with Gasteiger partial charge in [-0.15, -0.1) is 0 Å². The summed E-state index contributed by atoms with van der Waals surface area (Å²) in [5, 5.41) is 4.48. The summed E-state index contributed by atoms with van der Waals surface area (Å²) in [6, 6.07) is 11.6. The lowest BCUT2D eigenvalue weighted by Crippen LogP contribution is -2.26. The molecule has 23 heavy (non-hydrogen) atoms. The van der Waals surface area contributed by atoms with E-state index in [1.807, 2.05) is 25.1 Å². The van der Waals surface area contributed by atoms with Crippen molar-refractivity contribution in [1.29, 1.82) is 0 Å². The van der Waals surface area contributed by atoms with Crippen LogP contribution in [0.4, 0.5) is 4.39 Å². The number of amides is 1. The quantitative estimate of drug-likeness (QED) is 0.738. The standard InChI is InChI=1S/C18H16ClFN2O/c1-11-13(15-10-12(19)6-7-17(15)22-11)8-9-21-18(23)14-4-2-3-5-16(14)20/h2-7,10,22H,8-9H2,1H3,(H,21,23). The summed E-state index contributed by atoms with van der Waals surface area (Å²) >= 11 is 6.06. The van der Waals surface area contributed by atoms with Crippen LogP contribution in [0.5, 0.6) is 0 Å². The number of hydrogen-bond donors (Lipinski definition) is 2. The van der Waals surface area contributed by atoms with Crippen LogP contribution >= 0.6 is 11.6 Å². The molecule has 0 atom stereocenters. The number of halogens is 2. The third-order valence-electron chi connectivity index (χ3n) is 3.86. The zero-order valence-corrected chi connectivity index (χ0v) is 13.4. The van der Waals surface area contributed by atoms with Gasteiger partial charge in [0.25, 0.3) is 5.91 Å². The molecule has 0 aliphatic heterocycles. The average molecular weight is 331 g/mol. The Morgan fingerprint density at radius 2 is 2.04 bits per heavy atom. The molecule has 0 aliphatic rings. The first-order valence-corrected chi connectivity index (χ1v) is 7.73. The van der Waals surface area contributed by atoms with E-state index in [1.54, 1.807) is 12.1 Å². The molecule has 3 aromatic rings. The first kappa shape index (κ1) is 15.6. The van der Waals surface area contributed by atoms with Gasteiger partial charge >= 0.3 is 0 Å². The van der Waals surface area contributed by atoms with Crippen molar-refractivity contribution in [3.8, 4) is 0 Å². The first-order valence-electron chi connectivity index (χ1n) is 7.35. The molecule has 0 unspecified atom stereocenters. The van der Waals surface area contributed by atoms with Crippen molar-refractivity contribution >= 4 is 28.4 Å². The molecule has 1 heterocycles. The molecule has 0 fully saturated rings. The van der Waals surface area contributed by atoms with Crippen molar-refractivity contribution in [2.24, 2.45) is 0 Å². The molecule has 2 aromatic carbocycles. The average Bonchev–Trinajstić information content (AvgIpc) is 2.83. The number of carbonyl (C=O) groups excluding carboxylic acids is 1. The van der Waals surface area contributed by atoms with Crippen molar-refractivity contribution in [1.82, 2.24) is 10.3 Å². The maximum Gasteiger partial charge on any atom is 0.254 e. The van der Waals surface area contributed by atoms with Gasteiger partial charge in [-0.3, -0.25) is 4.79 Å². The van der Waals surface area contributed by atoms with E-state index in [0.717, 1.165) is 22.2 Å². The number of aryl methyl sites for hydroxylation is 1. The van der Waals surface area contributed by atoms with Crippen LogP contribution in [0.1, 0.15) is 21.6 Å². The fourth-order valence-corrected chi connectivity index (χ4v) is 2.89. The number of H-pyrrole nitrogens is 1. The zero-order chi connectivity index (χ0) is 16.4. The topological polar surface area (TPSA) is 44.9 Å². The second kappa shape index (κ2) is 6.42. The normalized spacial score (nSPS) is 10.9. The molecule has 1 aromatic heterocycles. The molecule has 0 spiro atoms. The molecule has 3 rings (SSSR count). The first-order chi connectivity index (χ1) is 11.1. The summed E-state index contributed by atoms with van der Waals surface area (Å²) in [4.78, 5) is 15.3. The van der Waals surface area contributed by atoms with Crippen LogP contribution in [0.3, 0.4) is 0 Å². The van der Waals surface area contributed by atoms with Crippen LogP contribution in [0.25, 0.3) is 10.9 Å². The summed E-state index contributed by atoms with van der Waals surface area (Å²) in [5.74, 6) is -0.918. The van der Waals surface area contributed by atoms with Crippen molar-refractivity contribution in [3.05, 3.63) is 70.1 Å². The van der Waals surface area contributed by atoms with Crippen molar-refractivity contribution in [2.75, 3.05) is 6.54 Å². The van der Waals surface area contributed by atoms with E-state index in [1.165, 1.54) is 12.1 Å². The molecule has 5 heteroatoms. The van der Waals surface area contributed by atoms with Gasteiger partial charge in [-0.25, -0.2) is 4.39 Å². The fourth-order valence-electron chi connectivity index (χ4n) is 2.72. The van der Waals surface area contributed by atoms with Gasteiger partial charge in [0.15, 0.2) is 0 Å². The minimum Gasteiger partial charge on any atom is -0.358 e. The Morgan fingerprint density at radius 3 is 2.83 bits per heavy atom. The van der Waals surface area contributed by atoms with Crippen molar-refractivity contribution in [2.45, 2.75) is 13.3 Å². The number of benzene rings is 2. The maximum absolute atomic E-state index is 13.6. The second-order valence-corrected chi connectivity index (χ2v) is 5.84. The number of nitrogens with one attached hydrogen (secondary N) is 2. The van der Waals surface area contributed by atoms with Crippen LogP contribution in [0.2, 0.25) is 5.02 Å². The molecule has 0 radical (unpaired) electrons. The third-order valence-corrected chi connectivity index (χ3v) is 4.10. The summed E-state index contributed by atoms with van der Waals surface area (Å²) < 4.78 is 13.6. The Bertz CT molecular complexity index is 873. The minimum absolute atomic E-state index is 0.0613. The lowest BCUT2D eigenvalue weighted by Gasteiger charge is -2.06. The van der Waals surface area contributed by atoms with Crippen LogP contribution < -0.4 is 5.32 Å². The van der Waals surface area contributed by atoms with Crippen molar-refractivity contribution in [3.63, 3.8) is 0 Å². The molecular formula is C18H16ClFN2O. The highest BCUT2D eigenvalue weighted by Crippen LogP contribution is 2.25. The number of fused-ring (bicyclic) bond motifs is 1. The van der Waals surface area contributed by atoms with Crippen molar-refractivity contribution < 1.29 is 9.18 Å². The summed E-state index contributed by atoms with van der Waals surface area (Å²) in [6.07, 6.45) is 0.645. The number of aromatic amines is 1. The molecule has 118 valence electrons.